The predicted molar refractivity (Wildman–Crippen MR) is 95.6 cm³/mol. The molecule has 3 rings (SSSR count). The number of nitro groups is 1. The molecule has 0 aromatic heterocycles. The molecule has 3 aromatic rings. The van der Waals surface area contributed by atoms with Crippen LogP contribution < -0.4 is 10.4 Å². The molecule has 0 radical (unpaired) electrons. The van der Waals surface area contributed by atoms with Crippen LogP contribution in [-0.4, -0.2) is 10.8 Å². The number of amides is 1. The first-order valence-electron chi connectivity index (χ1n) is 7.61. The minimum Gasteiger partial charge on any atom is -0.267 e. The lowest BCUT2D eigenvalue weighted by atomic mass is 10.2. The van der Waals surface area contributed by atoms with Crippen LogP contribution in [-0.2, 0) is 0 Å². The Hall–Kier alpha value is -3.67. The smallest absolute Gasteiger partial charge is 0.267 e. The molecule has 1 N–H and O–H groups in total. The fraction of sp³-hybridized carbons (Fsp3) is 0. The summed E-state index contributed by atoms with van der Waals surface area (Å²) >= 11 is 0. The zero-order valence-corrected chi connectivity index (χ0v) is 13.2. The van der Waals surface area contributed by atoms with E-state index >= 15 is 0 Å². The molecule has 0 aliphatic heterocycles. The van der Waals surface area contributed by atoms with E-state index in [-0.39, 0.29) is 11.6 Å². The van der Waals surface area contributed by atoms with Crippen molar-refractivity contribution in [2.24, 2.45) is 0 Å². The largest absolute Gasteiger partial charge is 0.270 e. The highest BCUT2D eigenvalue weighted by Crippen LogP contribution is 2.23. The zero-order valence-electron chi connectivity index (χ0n) is 13.2. The first-order valence-corrected chi connectivity index (χ1v) is 7.61. The third-order valence-electron chi connectivity index (χ3n) is 3.58. The van der Waals surface area contributed by atoms with Crippen LogP contribution >= 0.6 is 0 Å². The summed E-state index contributed by atoms with van der Waals surface area (Å²) in [6, 6.07) is 24.3. The molecule has 25 heavy (non-hydrogen) atoms. The average molecular weight is 333 g/mol. The maximum absolute atomic E-state index is 12.6. The lowest BCUT2D eigenvalue weighted by molar-refractivity contribution is -0.384. The van der Waals surface area contributed by atoms with Gasteiger partial charge in [0.1, 0.15) is 0 Å². The summed E-state index contributed by atoms with van der Waals surface area (Å²) < 4.78 is 0. The minimum atomic E-state index is -0.498. The summed E-state index contributed by atoms with van der Waals surface area (Å²) in [7, 11) is 0. The summed E-state index contributed by atoms with van der Waals surface area (Å²) in [6.45, 7) is 0. The monoisotopic (exact) mass is 333 g/mol. The number of hydrogen-bond acceptors (Lipinski definition) is 4. The van der Waals surface area contributed by atoms with Crippen LogP contribution in [0.15, 0.2) is 84.9 Å². The van der Waals surface area contributed by atoms with Gasteiger partial charge in [0.25, 0.3) is 11.6 Å². The van der Waals surface area contributed by atoms with E-state index in [1.807, 2.05) is 60.7 Å². The molecule has 3 aromatic carbocycles. The fourth-order valence-electron chi connectivity index (χ4n) is 2.33. The van der Waals surface area contributed by atoms with Crippen LogP contribution in [0.3, 0.4) is 0 Å². The van der Waals surface area contributed by atoms with Gasteiger partial charge in [0.05, 0.1) is 16.3 Å². The van der Waals surface area contributed by atoms with Crippen molar-refractivity contribution in [2.45, 2.75) is 0 Å². The van der Waals surface area contributed by atoms with Gasteiger partial charge in [-0.15, -0.1) is 0 Å². The number of para-hydroxylation sites is 2. The number of nitro benzene ring substituents is 1. The number of hydrogen-bond donors (Lipinski definition) is 1. The van der Waals surface area contributed by atoms with E-state index in [9.17, 15) is 14.9 Å². The number of carbonyl (C=O) groups is 1. The van der Waals surface area contributed by atoms with Crippen molar-refractivity contribution in [1.82, 2.24) is 5.43 Å². The van der Waals surface area contributed by atoms with E-state index in [4.69, 9.17) is 0 Å². The SMILES string of the molecule is O=C(NN(c1ccccc1)c1ccccc1)c1ccc([N+](=O)[O-])cc1. The summed E-state index contributed by atoms with van der Waals surface area (Å²) in [4.78, 5) is 22.8. The molecule has 0 aliphatic carbocycles. The molecule has 0 atom stereocenters. The molecule has 0 bridgehead atoms. The van der Waals surface area contributed by atoms with Crippen LogP contribution in [0.5, 0.6) is 0 Å². The van der Waals surface area contributed by atoms with Gasteiger partial charge in [-0.2, -0.15) is 0 Å². The molecule has 0 aliphatic rings. The fourth-order valence-corrected chi connectivity index (χ4v) is 2.33. The number of hydrazine groups is 1. The number of rotatable bonds is 5. The minimum absolute atomic E-state index is 0.0560. The van der Waals surface area contributed by atoms with Gasteiger partial charge in [0.2, 0.25) is 0 Å². The molecule has 1 amide bonds. The normalized spacial score (nSPS) is 10.1. The topological polar surface area (TPSA) is 75.5 Å². The van der Waals surface area contributed by atoms with Crippen LogP contribution in [0.25, 0.3) is 0 Å². The number of non-ortho nitro benzene ring substituents is 1. The molecule has 0 spiro atoms. The summed E-state index contributed by atoms with van der Waals surface area (Å²) in [5, 5.41) is 12.4. The Bertz CT molecular complexity index is 826. The van der Waals surface area contributed by atoms with Crippen molar-refractivity contribution in [2.75, 3.05) is 5.01 Å². The van der Waals surface area contributed by atoms with E-state index < -0.39 is 4.92 Å². The van der Waals surface area contributed by atoms with Gasteiger partial charge in [0, 0.05) is 17.7 Å². The molecular weight excluding hydrogens is 318 g/mol. The standard InChI is InChI=1S/C19H15N3O3/c23-19(15-11-13-18(14-12-15)22(24)25)20-21(16-7-3-1-4-8-16)17-9-5-2-6-10-17/h1-14H,(H,20,23). The highest BCUT2D eigenvalue weighted by Gasteiger charge is 2.15. The van der Waals surface area contributed by atoms with E-state index in [1.54, 1.807) is 5.01 Å². The maximum Gasteiger partial charge on any atom is 0.270 e. The number of nitrogens with one attached hydrogen (secondary N) is 1. The summed E-state index contributed by atoms with van der Waals surface area (Å²) in [5.74, 6) is -0.359. The van der Waals surface area contributed by atoms with E-state index in [0.29, 0.717) is 5.56 Å². The molecule has 6 nitrogen and oxygen atoms in total. The Morgan fingerprint density at radius 1 is 0.800 bits per heavy atom. The van der Waals surface area contributed by atoms with E-state index in [2.05, 4.69) is 5.43 Å². The highest BCUT2D eigenvalue weighted by molar-refractivity contribution is 5.96. The van der Waals surface area contributed by atoms with Gasteiger partial charge in [0.15, 0.2) is 0 Å². The Kier molecular flexibility index (Phi) is 4.71. The Labute approximate surface area is 144 Å². The van der Waals surface area contributed by atoms with Crippen LogP contribution in [0, 0.1) is 10.1 Å². The van der Waals surface area contributed by atoms with Gasteiger partial charge in [-0.05, 0) is 36.4 Å². The average Bonchev–Trinajstić information content (AvgIpc) is 2.67. The van der Waals surface area contributed by atoms with Crippen molar-refractivity contribution >= 4 is 23.0 Å². The van der Waals surface area contributed by atoms with Crippen molar-refractivity contribution in [3.8, 4) is 0 Å². The molecule has 0 saturated heterocycles. The summed E-state index contributed by atoms with van der Waals surface area (Å²) in [5.41, 5.74) is 4.71. The summed E-state index contributed by atoms with van der Waals surface area (Å²) in [6.07, 6.45) is 0. The Morgan fingerprint density at radius 3 is 1.72 bits per heavy atom. The molecule has 0 heterocycles. The van der Waals surface area contributed by atoms with Gasteiger partial charge < -0.3 is 0 Å². The second kappa shape index (κ2) is 7.27. The number of carbonyl (C=O) groups excluding carboxylic acids is 1. The van der Waals surface area contributed by atoms with Gasteiger partial charge in [-0.3, -0.25) is 25.3 Å². The third-order valence-corrected chi connectivity index (χ3v) is 3.58. The molecule has 0 fully saturated rings. The van der Waals surface area contributed by atoms with Crippen LogP contribution in [0.2, 0.25) is 0 Å². The quantitative estimate of drug-likeness (QED) is 0.564. The third kappa shape index (κ3) is 3.81. The second-order valence-electron chi connectivity index (χ2n) is 5.25. The first kappa shape index (κ1) is 16.2. The molecule has 124 valence electrons. The molecule has 6 heteroatoms. The Balaban J connectivity index is 1.87. The predicted octanol–water partition coefficient (Wildman–Crippen LogP) is 4.08. The van der Waals surface area contributed by atoms with Gasteiger partial charge in [-0.1, -0.05) is 36.4 Å². The van der Waals surface area contributed by atoms with E-state index in [1.165, 1.54) is 24.3 Å². The maximum atomic E-state index is 12.6. The van der Waals surface area contributed by atoms with Crippen LogP contribution in [0.1, 0.15) is 10.4 Å². The molecule has 0 saturated carbocycles. The van der Waals surface area contributed by atoms with Crippen molar-refractivity contribution in [3.63, 3.8) is 0 Å². The van der Waals surface area contributed by atoms with Crippen molar-refractivity contribution in [3.05, 3.63) is 101 Å². The zero-order chi connectivity index (χ0) is 17.6. The van der Waals surface area contributed by atoms with Crippen molar-refractivity contribution < 1.29 is 9.72 Å². The molecular formula is C19H15N3O3. The number of nitrogens with zero attached hydrogens (tertiary/aromatic N) is 2. The number of benzene rings is 3. The first-order chi connectivity index (χ1) is 12.1. The van der Waals surface area contributed by atoms with Gasteiger partial charge in [-0.25, -0.2) is 0 Å². The van der Waals surface area contributed by atoms with Crippen molar-refractivity contribution in [1.29, 1.82) is 0 Å². The molecule has 0 unspecified atom stereocenters. The van der Waals surface area contributed by atoms with E-state index in [0.717, 1.165) is 11.4 Å². The second-order valence-corrected chi connectivity index (χ2v) is 5.25. The van der Waals surface area contributed by atoms with Crippen LogP contribution in [0.4, 0.5) is 17.1 Å². The Morgan fingerprint density at radius 2 is 1.28 bits per heavy atom. The van der Waals surface area contributed by atoms with Gasteiger partial charge >= 0.3 is 0 Å². The number of anilines is 2. The lowest BCUT2D eigenvalue weighted by Gasteiger charge is -2.25. The highest BCUT2D eigenvalue weighted by atomic mass is 16.6. The lowest BCUT2D eigenvalue weighted by Crippen LogP contribution is -2.38.